The maximum atomic E-state index is 6.06. The van der Waals surface area contributed by atoms with Gasteiger partial charge in [-0.15, -0.1) is 0 Å². The topological polar surface area (TPSA) is 31.4 Å². The van der Waals surface area contributed by atoms with Crippen molar-refractivity contribution in [1.29, 1.82) is 0 Å². The number of benzene rings is 2. The Morgan fingerprint density at radius 3 is 2.50 bits per heavy atom. The molecule has 112 valence electrons. The lowest BCUT2D eigenvalue weighted by Crippen LogP contribution is -1.96. The molecule has 0 unspecified atom stereocenters. The van der Waals surface area contributed by atoms with Crippen molar-refractivity contribution in [3.05, 3.63) is 64.9 Å². The molecule has 0 aliphatic carbocycles. The molecular formula is C18H16ClNO2. The van der Waals surface area contributed by atoms with Crippen molar-refractivity contribution in [2.75, 3.05) is 14.2 Å². The first-order valence-corrected chi connectivity index (χ1v) is 7.33. The zero-order valence-corrected chi connectivity index (χ0v) is 13.2. The van der Waals surface area contributed by atoms with Crippen molar-refractivity contribution in [1.82, 2.24) is 4.98 Å². The van der Waals surface area contributed by atoms with Crippen LogP contribution in [0.15, 0.2) is 48.7 Å². The molecule has 0 saturated carbocycles. The number of rotatable bonds is 4. The van der Waals surface area contributed by atoms with Crippen molar-refractivity contribution >= 4 is 22.4 Å². The van der Waals surface area contributed by atoms with E-state index in [2.05, 4.69) is 4.98 Å². The lowest BCUT2D eigenvalue weighted by atomic mass is 10.0. The van der Waals surface area contributed by atoms with E-state index >= 15 is 0 Å². The molecule has 3 aromatic rings. The van der Waals surface area contributed by atoms with Crippen molar-refractivity contribution in [2.24, 2.45) is 0 Å². The van der Waals surface area contributed by atoms with Crippen LogP contribution in [-0.2, 0) is 6.42 Å². The van der Waals surface area contributed by atoms with Gasteiger partial charge in [-0.25, -0.2) is 0 Å². The number of ether oxygens (including phenoxy) is 2. The summed E-state index contributed by atoms with van der Waals surface area (Å²) in [5.74, 6) is 1.42. The number of halogens is 1. The maximum absolute atomic E-state index is 6.06. The standard InChI is InChI=1S/C18H16ClNO2/c1-21-17-10-13-6-7-20-16(15(13)11-18(17)22-2)9-12-4-3-5-14(19)8-12/h3-8,10-11H,9H2,1-2H3. The minimum absolute atomic E-state index is 0.704. The second-order valence-corrected chi connectivity index (χ2v) is 5.43. The van der Waals surface area contributed by atoms with Crippen molar-refractivity contribution in [3.63, 3.8) is 0 Å². The van der Waals surface area contributed by atoms with Crippen LogP contribution in [0.1, 0.15) is 11.3 Å². The van der Waals surface area contributed by atoms with Crippen molar-refractivity contribution < 1.29 is 9.47 Å². The van der Waals surface area contributed by atoms with E-state index in [4.69, 9.17) is 21.1 Å². The number of aromatic nitrogens is 1. The van der Waals surface area contributed by atoms with Gasteiger partial charge in [0.05, 0.1) is 19.9 Å². The van der Waals surface area contributed by atoms with Crippen LogP contribution in [0.5, 0.6) is 11.5 Å². The summed E-state index contributed by atoms with van der Waals surface area (Å²) >= 11 is 6.06. The Morgan fingerprint density at radius 2 is 1.77 bits per heavy atom. The van der Waals surface area contributed by atoms with Gasteiger partial charge in [0.1, 0.15) is 0 Å². The van der Waals surface area contributed by atoms with E-state index in [0.717, 1.165) is 32.8 Å². The Balaban J connectivity index is 2.09. The molecule has 0 aliphatic rings. The van der Waals surface area contributed by atoms with E-state index in [1.165, 1.54) is 0 Å². The smallest absolute Gasteiger partial charge is 0.161 e. The van der Waals surface area contributed by atoms with Gasteiger partial charge in [-0.2, -0.15) is 0 Å². The molecule has 0 atom stereocenters. The van der Waals surface area contributed by atoms with Gasteiger partial charge in [-0.3, -0.25) is 4.98 Å². The molecule has 0 N–H and O–H groups in total. The van der Waals surface area contributed by atoms with E-state index in [9.17, 15) is 0 Å². The number of hydrogen-bond acceptors (Lipinski definition) is 3. The van der Waals surface area contributed by atoms with Crippen LogP contribution in [0.4, 0.5) is 0 Å². The highest BCUT2D eigenvalue weighted by Crippen LogP contribution is 2.33. The van der Waals surface area contributed by atoms with Crippen LogP contribution in [0, 0.1) is 0 Å². The lowest BCUT2D eigenvalue weighted by molar-refractivity contribution is 0.356. The number of fused-ring (bicyclic) bond motifs is 1. The third-order valence-electron chi connectivity index (χ3n) is 3.61. The summed E-state index contributed by atoms with van der Waals surface area (Å²) in [7, 11) is 3.27. The molecular weight excluding hydrogens is 298 g/mol. The molecule has 0 saturated heterocycles. The highest BCUT2D eigenvalue weighted by Gasteiger charge is 2.10. The predicted octanol–water partition coefficient (Wildman–Crippen LogP) is 4.50. The minimum atomic E-state index is 0.704. The van der Waals surface area contributed by atoms with E-state index in [1.54, 1.807) is 14.2 Å². The summed E-state index contributed by atoms with van der Waals surface area (Å²) in [5, 5.41) is 2.86. The third kappa shape index (κ3) is 2.85. The molecule has 3 rings (SSSR count). The number of pyridine rings is 1. The molecule has 0 aliphatic heterocycles. The van der Waals surface area contributed by atoms with Gasteiger partial charge in [0, 0.05) is 23.0 Å². The lowest BCUT2D eigenvalue weighted by Gasteiger charge is -2.11. The van der Waals surface area contributed by atoms with Gasteiger partial charge in [0.2, 0.25) is 0 Å². The predicted molar refractivity (Wildman–Crippen MR) is 89.1 cm³/mol. The summed E-state index contributed by atoms with van der Waals surface area (Å²) in [4.78, 5) is 4.52. The fourth-order valence-corrected chi connectivity index (χ4v) is 2.75. The monoisotopic (exact) mass is 313 g/mol. The first-order valence-electron chi connectivity index (χ1n) is 6.95. The Kier molecular flexibility index (Phi) is 4.16. The Hall–Kier alpha value is -2.26. The zero-order chi connectivity index (χ0) is 15.5. The number of nitrogens with zero attached hydrogens (tertiary/aromatic N) is 1. The maximum Gasteiger partial charge on any atom is 0.161 e. The van der Waals surface area contributed by atoms with Gasteiger partial charge in [0.25, 0.3) is 0 Å². The Morgan fingerprint density at radius 1 is 1.00 bits per heavy atom. The van der Waals surface area contributed by atoms with Crippen molar-refractivity contribution in [3.8, 4) is 11.5 Å². The van der Waals surface area contributed by atoms with E-state index in [1.807, 2.05) is 48.7 Å². The summed E-state index contributed by atoms with van der Waals surface area (Å²) < 4.78 is 10.8. The summed E-state index contributed by atoms with van der Waals surface area (Å²) in [5.41, 5.74) is 2.11. The average Bonchev–Trinajstić information content (AvgIpc) is 2.54. The second-order valence-electron chi connectivity index (χ2n) is 4.99. The molecule has 1 aromatic heterocycles. The molecule has 2 aromatic carbocycles. The van der Waals surface area contributed by atoms with E-state index in [0.29, 0.717) is 12.2 Å². The summed E-state index contributed by atoms with van der Waals surface area (Å²) in [6.45, 7) is 0. The fraction of sp³-hybridized carbons (Fsp3) is 0.167. The molecule has 0 radical (unpaired) electrons. The molecule has 1 heterocycles. The van der Waals surface area contributed by atoms with Crippen LogP contribution in [0.2, 0.25) is 5.02 Å². The SMILES string of the molecule is COc1cc2ccnc(Cc3cccc(Cl)c3)c2cc1OC. The first-order chi connectivity index (χ1) is 10.7. The second kappa shape index (κ2) is 6.24. The fourth-order valence-electron chi connectivity index (χ4n) is 2.54. The number of hydrogen-bond donors (Lipinski definition) is 0. The van der Waals surface area contributed by atoms with Crippen LogP contribution in [0.25, 0.3) is 10.8 Å². The number of methoxy groups -OCH3 is 2. The van der Waals surface area contributed by atoms with E-state index in [-0.39, 0.29) is 0 Å². The van der Waals surface area contributed by atoms with Gasteiger partial charge < -0.3 is 9.47 Å². The van der Waals surface area contributed by atoms with Gasteiger partial charge in [-0.1, -0.05) is 23.7 Å². The van der Waals surface area contributed by atoms with Crippen molar-refractivity contribution in [2.45, 2.75) is 6.42 Å². The third-order valence-corrected chi connectivity index (χ3v) is 3.85. The normalized spacial score (nSPS) is 10.7. The molecule has 0 amide bonds. The highest BCUT2D eigenvalue weighted by atomic mass is 35.5. The highest BCUT2D eigenvalue weighted by molar-refractivity contribution is 6.30. The zero-order valence-electron chi connectivity index (χ0n) is 12.5. The first kappa shape index (κ1) is 14.7. The molecule has 0 fully saturated rings. The largest absolute Gasteiger partial charge is 0.493 e. The molecule has 0 bridgehead atoms. The summed E-state index contributed by atoms with van der Waals surface area (Å²) in [6, 6.07) is 13.7. The Bertz CT molecular complexity index is 817. The van der Waals surface area contributed by atoms with Crippen LogP contribution >= 0.6 is 11.6 Å². The van der Waals surface area contributed by atoms with Crippen LogP contribution < -0.4 is 9.47 Å². The Labute approximate surface area is 134 Å². The van der Waals surface area contributed by atoms with Gasteiger partial charge in [-0.05, 0) is 41.3 Å². The van der Waals surface area contributed by atoms with Gasteiger partial charge >= 0.3 is 0 Å². The van der Waals surface area contributed by atoms with E-state index < -0.39 is 0 Å². The van der Waals surface area contributed by atoms with Crippen LogP contribution in [0.3, 0.4) is 0 Å². The van der Waals surface area contributed by atoms with Gasteiger partial charge in [0.15, 0.2) is 11.5 Å². The minimum Gasteiger partial charge on any atom is -0.493 e. The molecule has 0 spiro atoms. The quantitative estimate of drug-likeness (QED) is 0.711. The average molecular weight is 314 g/mol. The molecule has 3 nitrogen and oxygen atoms in total. The molecule has 4 heteroatoms. The summed E-state index contributed by atoms with van der Waals surface area (Å²) in [6.07, 6.45) is 2.53. The van der Waals surface area contributed by atoms with Crippen LogP contribution in [-0.4, -0.2) is 19.2 Å². The molecule has 22 heavy (non-hydrogen) atoms.